The lowest BCUT2D eigenvalue weighted by atomic mass is 9.91. The van der Waals surface area contributed by atoms with Crippen molar-refractivity contribution in [2.75, 3.05) is 13.3 Å². The highest BCUT2D eigenvalue weighted by Gasteiger charge is 2.52. The lowest BCUT2D eigenvalue weighted by Gasteiger charge is -2.43. The molecule has 4 aromatic carbocycles. The van der Waals surface area contributed by atoms with Crippen molar-refractivity contribution in [3.05, 3.63) is 131 Å². The number of carboxylic acids is 1. The first kappa shape index (κ1) is 35.1. The standard InChI is InChI=1S/C38H44FO5PSi/c1-27-22-28(2)34(35(23-27)30-18-19-36(39)29(3)24-30)20-21-45(42,43-7)26-31(25-37(40)41)44-46(38(4,5)6,32-14-10-8-11-15-32)33-16-12-9-13-17-33/h8-19,22-24,26H,20-21,25H2,1-7H3,(H,40,41). The molecule has 0 aliphatic carbocycles. The number of carboxylic acid groups (broad SMARTS) is 1. The Labute approximate surface area is 273 Å². The molecule has 46 heavy (non-hydrogen) atoms. The molecule has 0 aromatic heterocycles. The van der Waals surface area contributed by atoms with Crippen molar-refractivity contribution in [1.82, 2.24) is 0 Å². The van der Waals surface area contributed by atoms with Crippen LogP contribution in [0.5, 0.6) is 0 Å². The van der Waals surface area contributed by atoms with Crippen LogP contribution < -0.4 is 10.4 Å². The highest BCUT2D eigenvalue weighted by molar-refractivity contribution is 7.62. The Kier molecular flexibility index (Phi) is 10.9. The summed E-state index contributed by atoms with van der Waals surface area (Å²) in [5.74, 6) is 0.207. The van der Waals surface area contributed by atoms with E-state index in [9.17, 15) is 18.9 Å². The molecule has 4 aromatic rings. The molecule has 0 radical (unpaired) electrons. The van der Waals surface area contributed by atoms with Crippen LogP contribution in [-0.2, 0) is 24.7 Å². The molecule has 1 unspecified atom stereocenters. The molecule has 0 spiro atoms. The summed E-state index contributed by atoms with van der Waals surface area (Å²) in [6.07, 6.45) is 0.0916. The van der Waals surface area contributed by atoms with E-state index < -0.39 is 33.1 Å². The number of rotatable bonds is 12. The molecule has 0 aliphatic heterocycles. The van der Waals surface area contributed by atoms with Crippen LogP contribution in [0.2, 0.25) is 5.04 Å². The molecule has 4 rings (SSSR count). The van der Waals surface area contributed by atoms with Crippen molar-refractivity contribution in [2.24, 2.45) is 0 Å². The van der Waals surface area contributed by atoms with Gasteiger partial charge in [-0.1, -0.05) is 105 Å². The summed E-state index contributed by atoms with van der Waals surface area (Å²) in [6.45, 7) is 12.1. The summed E-state index contributed by atoms with van der Waals surface area (Å²) in [5, 5.41) is 11.5. The van der Waals surface area contributed by atoms with Crippen LogP contribution in [0.25, 0.3) is 11.1 Å². The van der Waals surface area contributed by atoms with E-state index in [2.05, 4.69) is 32.9 Å². The Morgan fingerprint density at radius 3 is 1.98 bits per heavy atom. The molecular weight excluding hydrogens is 614 g/mol. The first-order valence-corrected chi connectivity index (χ1v) is 19.2. The van der Waals surface area contributed by atoms with Crippen LogP contribution in [0.3, 0.4) is 0 Å². The second-order valence-corrected chi connectivity index (χ2v) is 19.6. The number of hydrogen-bond donors (Lipinski definition) is 1. The van der Waals surface area contributed by atoms with E-state index in [0.717, 1.165) is 38.2 Å². The molecule has 242 valence electrons. The Bertz CT molecular complexity index is 1720. The summed E-state index contributed by atoms with van der Waals surface area (Å²) in [7, 11) is -5.35. The average molecular weight is 659 g/mol. The van der Waals surface area contributed by atoms with E-state index >= 15 is 0 Å². The normalized spacial score (nSPS) is 13.7. The Morgan fingerprint density at radius 1 is 0.891 bits per heavy atom. The van der Waals surface area contributed by atoms with Crippen LogP contribution >= 0.6 is 7.37 Å². The minimum absolute atomic E-state index is 0.127. The molecule has 0 bridgehead atoms. The largest absolute Gasteiger partial charge is 0.536 e. The minimum Gasteiger partial charge on any atom is -0.536 e. The van der Waals surface area contributed by atoms with Crippen LogP contribution in [-0.4, -0.2) is 32.7 Å². The number of halogens is 1. The van der Waals surface area contributed by atoms with Gasteiger partial charge in [0.25, 0.3) is 0 Å². The first-order chi connectivity index (χ1) is 21.7. The fraction of sp³-hybridized carbons (Fsp3) is 0.289. The molecule has 0 amide bonds. The zero-order valence-electron chi connectivity index (χ0n) is 27.8. The van der Waals surface area contributed by atoms with E-state index in [1.54, 1.807) is 13.0 Å². The van der Waals surface area contributed by atoms with Gasteiger partial charge in [-0.25, -0.2) is 4.39 Å². The van der Waals surface area contributed by atoms with Gasteiger partial charge in [-0.15, -0.1) is 0 Å². The van der Waals surface area contributed by atoms with E-state index in [0.29, 0.717) is 12.0 Å². The van der Waals surface area contributed by atoms with Crippen molar-refractivity contribution in [3.63, 3.8) is 0 Å². The van der Waals surface area contributed by atoms with Gasteiger partial charge in [0.2, 0.25) is 7.37 Å². The predicted octanol–water partition coefficient (Wildman–Crippen LogP) is 8.78. The summed E-state index contributed by atoms with van der Waals surface area (Å²) in [5.41, 5.74) is 5.45. The van der Waals surface area contributed by atoms with Crippen molar-refractivity contribution in [3.8, 4) is 11.1 Å². The number of aliphatic carboxylic acids is 1. The second kappa shape index (κ2) is 14.3. The van der Waals surface area contributed by atoms with Crippen LogP contribution in [0.4, 0.5) is 4.39 Å². The maximum Gasteiger partial charge on any atom is 0.319 e. The fourth-order valence-electron chi connectivity index (χ4n) is 6.20. The summed E-state index contributed by atoms with van der Waals surface area (Å²) in [6, 6.07) is 29.0. The average Bonchev–Trinajstić information content (AvgIpc) is 3.00. The molecule has 0 heterocycles. The number of aryl methyl sites for hydroxylation is 3. The summed E-state index contributed by atoms with van der Waals surface area (Å²) >= 11 is 0. The maximum absolute atomic E-state index is 14.5. The Balaban J connectivity index is 1.80. The van der Waals surface area contributed by atoms with Gasteiger partial charge in [0.05, 0.1) is 5.76 Å². The van der Waals surface area contributed by atoms with Gasteiger partial charge in [-0.3, -0.25) is 9.36 Å². The summed E-state index contributed by atoms with van der Waals surface area (Å²) < 4.78 is 41.3. The van der Waals surface area contributed by atoms with Crippen molar-refractivity contribution in [2.45, 2.75) is 59.4 Å². The third-order valence-corrected chi connectivity index (χ3v) is 15.6. The lowest BCUT2D eigenvalue weighted by molar-refractivity contribution is -0.136. The molecule has 0 saturated heterocycles. The lowest BCUT2D eigenvalue weighted by Crippen LogP contribution is -2.66. The Morgan fingerprint density at radius 2 is 1.48 bits per heavy atom. The van der Waals surface area contributed by atoms with Gasteiger partial charge >= 0.3 is 14.3 Å². The predicted molar refractivity (Wildman–Crippen MR) is 188 cm³/mol. The van der Waals surface area contributed by atoms with Gasteiger partial charge < -0.3 is 14.1 Å². The third kappa shape index (κ3) is 7.77. The van der Waals surface area contributed by atoms with Crippen molar-refractivity contribution in [1.29, 1.82) is 0 Å². The molecule has 1 N–H and O–H groups in total. The number of benzene rings is 4. The smallest absolute Gasteiger partial charge is 0.319 e. The topological polar surface area (TPSA) is 72.8 Å². The molecule has 8 heteroatoms. The molecular formula is C38H44FO5PSi. The van der Waals surface area contributed by atoms with Crippen molar-refractivity contribution >= 4 is 32.0 Å². The second-order valence-electron chi connectivity index (χ2n) is 12.9. The zero-order valence-corrected chi connectivity index (χ0v) is 29.7. The van der Waals surface area contributed by atoms with E-state index in [4.69, 9.17) is 8.95 Å². The number of carbonyl (C=O) groups is 1. The molecule has 0 aliphatic rings. The molecule has 5 nitrogen and oxygen atoms in total. The Hall–Kier alpha value is -3.77. The summed E-state index contributed by atoms with van der Waals surface area (Å²) in [4.78, 5) is 12.2. The monoisotopic (exact) mass is 658 g/mol. The quantitative estimate of drug-likeness (QED) is 0.0936. The minimum atomic E-state index is -3.55. The van der Waals surface area contributed by atoms with Crippen molar-refractivity contribution < 1.29 is 27.8 Å². The molecule has 0 saturated carbocycles. The van der Waals surface area contributed by atoms with Gasteiger partial charge in [-0.2, -0.15) is 0 Å². The van der Waals surface area contributed by atoms with E-state index in [1.807, 2.05) is 80.6 Å². The van der Waals surface area contributed by atoms with Gasteiger partial charge in [0.1, 0.15) is 12.2 Å². The van der Waals surface area contributed by atoms with Gasteiger partial charge in [0, 0.05) is 19.1 Å². The maximum atomic E-state index is 14.5. The third-order valence-electron chi connectivity index (χ3n) is 8.44. The number of hydrogen-bond acceptors (Lipinski definition) is 4. The van der Waals surface area contributed by atoms with Gasteiger partial charge in [0.15, 0.2) is 0 Å². The fourth-order valence-corrected chi connectivity index (χ4v) is 12.3. The van der Waals surface area contributed by atoms with Gasteiger partial charge in [-0.05, 0) is 82.6 Å². The highest BCUT2D eigenvalue weighted by atomic mass is 31.2. The zero-order chi connectivity index (χ0) is 33.7. The first-order valence-electron chi connectivity index (χ1n) is 15.4. The SMILES string of the molecule is COP(=O)(C=C(CC(=O)O)O[Si](c1ccccc1)(c1ccccc1)C(C)(C)C)CCc1c(C)cc(C)cc1-c1ccc(F)c(C)c1. The van der Waals surface area contributed by atoms with Crippen LogP contribution in [0.15, 0.2) is 103 Å². The molecule has 0 fully saturated rings. The molecule has 1 atom stereocenters. The van der Waals surface area contributed by atoms with E-state index in [-0.39, 0.29) is 17.7 Å². The van der Waals surface area contributed by atoms with E-state index in [1.165, 1.54) is 19.0 Å². The van der Waals surface area contributed by atoms with Crippen LogP contribution in [0.1, 0.15) is 49.4 Å². The highest BCUT2D eigenvalue weighted by Crippen LogP contribution is 2.51. The van der Waals surface area contributed by atoms with Crippen LogP contribution in [0, 0.1) is 26.6 Å².